The molecule has 0 rings (SSSR count). The molecule has 0 unspecified atom stereocenters. The summed E-state index contributed by atoms with van der Waals surface area (Å²) in [5.74, 6) is 0. The quantitative estimate of drug-likeness (QED) is 0.538. The predicted octanol–water partition coefficient (Wildman–Crippen LogP) is -0.161. The predicted molar refractivity (Wildman–Crippen MR) is 7.98 cm³/mol. The van der Waals surface area contributed by atoms with Crippen molar-refractivity contribution in [1.82, 2.24) is 0 Å². The zero-order valence-electron chi connectivity index (χ0n) is 4.27. The largest absolute Gasteiger partial charge is 2.00 e. The standard InChI is InChI=1S/Gd.Mg.Zn.Zr.2H/q;+2;;;2*-1. The molecule has 0 aromatic carbocycles. The summed E-state index contributed by atoms with van der Waals surface area (Å²) < 4.78 is 0. The second-order valence-corrected chi connectivity index (χ2v) is 0. The van der Waals surface area contributed by atoms with E-state index in [4.69, 9.17) is 0 Å². The number of rotatable bonds is 0. The smallest absolute Gasteiger partial charge is 1.00 e. The minimum absolute atomic E-state index is 0. The molecule has 0 saturated heterocycles. The van der Waals surface area contributed by atoms with Crippen LogP contribution in [0.3, 0.4) is 0 Å². The molecule has 0 amide bonds. The molecule has 0 atom stereocenters. The minimum atomic E-state index is 0. The van der Waals surface area contributed by atoms with Gasteiger partial charge in [0.2, 0.25) is 0 Å². The fraction of sp³-hybridized carbons (Fsp3) is 0. The summed E-state index contributed by atoms with van der Waals surface area (Å²) in [6.45, 7) is 0. The molecule has 0 radical (unpaired) electrons. The molecule has 0 N–H and O–H groups in total. The molecule has 0 bridgehead atoms. The summed E-state index contributed by atoms with van der Waals surface area (Å²) in [6, 6.07) is 0. The summed E-state index contributed by atoms with van der Waals surface area (Å²) in [5, 5.41) is 0. The molecule has 0 spiro atoms. The molecule has 4 heteroatoms. The van der Waals surface area contributed by atoms with Crippen LogP contribution < -0.4 is 0 Å². The Kier molecular flexibility index (Phi) is 102. The third-order valence-electron chi connectivity index (χ3n) is 0. The molecule has 4 heavy (non-hydrogen) atoms. The van der Waals surface area contributed by atoms with Crippen molar-refractivity contribution >= 4 is 23.1 Å². The van der Waals surface area contributed by atoms with Crippen LogP contribution in [0.1, 0.15) is 2.85 Å². The molecule has 0 aliphatic carbocycles. The van der Waals surface area contributed by atoms with Gasteiger partial charge in [-0.2, -0.15) is 0 Å². The molecule has 18 valence electrons. The van der Waals surface area contributed by atoms with E-state index >= 15 is 0 Å². The summed E-state index contributed by atoms with van der Waals surface area (Å²) >= 11 is 0. The van der Waals surface area contributed by atoms with Crippen LogP contribution in [0.25, 0.3) is 0 Å². The Morgan fingerprint density at radius 1 is 1.25 bits per heavy atom. The van der Waals surface area contributed by atoms with Crippen LogP contribution in [0.15, 0.2) is 0 Å². The summed E-state index contributed by atoms with van der Waals surface area (Å²) in [7, 11) is 0. The van der Waals surface area contributed by atoms with Gasteiger partial charge in [0.1, 0.15) is 0 Å². The first-order chi connectivity index (χ1) is 0. The Bertz CT molecular complexity index is 13.5. The average Bonchev–Trinajstić information content (AvgIpc) is 0. The third kappa shape index (κ3) is 9.14. The Morgan fingerprint density at radius 3 is 1.25 bits per heavy atom. The Morgan fingerprint density at radius 2 is 1.25 bits per heavy atom. The monoisotopic (exact) mass is 338 g/mol. The summed E-state index contributed by atoms with van der Waals surface area (Å²) in [4.78, 5) is 0. The summed E-state index contributed by atoms with van der Waals surface area (Å²) in [6.07, 6.45) is 0. The Balaban J connectivity index is 0. The van der Waals surface area contributed by atoms with Gasteiger partial charge < -0.3 is 2.85 Å². The average molecular weight is 340 g/mol. The van der Waals surface area contributed by atoms with E-state index in [1.807, 2.05) is 0 Å². The topological polar surface area (TPSA) is 0 Å². The van der Waals surface area contributed by atoms with Gasteiger partial charge in [-0.3, -0.25) is 0 Å². The minimum Gasteiger partial charge on any atom is -1.00 e. The second-order valence-electron chi connectivity index (χ2n) is 0. The maximum absolute atomic E-state index is 0. The molecular formula is H2GdMgZnZr. The molecule has 0 heterocycles. The van der Waals surface area contributed by atoms with Crippen molar-refractivity contribution in [2.75, 3.05) is 0 Å². The maximum atomic E-state index is 0. The first-order valence-corrected chi connectivity index (χ1v) is 0. The molecular weight excluding hydrogens is 338 g/mol. The molecule has 0 saturated carbocycles. The van der Waals surface area contributed by atoms with Gasteiger partial charge in [0.05, 0.1) is 0 Å². The molecule has 0 aromatic heterocycles. The van der Waals surface area contributed by atoms with Crippen LogP contribution in [0.4, 0.5) is 0 Å². The van der Waals surface area contributed by atoms with Crippen molar-refractivity contribution in [3.05, 3.63) is 0 Å². The molecule has 0 fully saturated rings. The van der Waals surface area contributed by atoms with Crippen molar-refractivity contribution in [3.8, 4) is 0 Å². The van der Waals surface area contributed by atoms with Crippen LogP contribution in [-0.2, 0) is 45.7 Å². The zero-order valence-corrected chi connectivity index (χ0v) is 11.4. The third-order valence-corrected chi connectivity index (χ3v) is 0. The van der Waals surface area contributed by atoms with Crippen molar-refractivity contribution in [1.29, 1.82) is 0 Å². The fourth-order valence-electron chi connectivity index (χ4n) is 0. The van der Waals surface area contributed by atoms with E-state index in [2.05, 4.69) is 0 Å². The van der Waals surface area contributed by atoms with Gasteiger partial charge >= 0.3 is 23.1 Å². The van der Waals surface area contributed by atoms with Crippen LogP contribution in [-0.4, -0.2) is 23.1 Å². The van der Waals surface area contributed by atoms with Gasteiger partial charge in [-0.15, -0.1) is 0 Å². The summed E-state index contributed by atoms with van der Waals surface area (Å²) in [5.41, 5.74) is 0. The van der Waals surface area contributed by atoms with E-state index in [1.54, 1.807) is 0 Å². The van der Waals surface area contributed by atoms with Gasteiger partial charge in [0.15, 0.2) is 0 Å². The van der Waals surface area contributed by atoms with E-state index < -0.39 is 0 Å². The first-order valence-electron chi connectivity index (χ1n) is 0. The number of hydrogen-bond acceptors (Lipinski definition) is 0. The van der Waals surface area contributed by atoms with E-state index in [-0.39, 0.29) is 112 Å². The van der Waals surface area contributed by atoms with Gasteiger partial charge in [0.25, 0.3) is 0 Å². The van der Waals surface area contributed by atoms with Gasteiger partial charge in [-0.05, 0) is 0 Å². The van der Waals surface area contributed by atoms with Crippen molar-refractivity contribution in [2.45, 2.75) is 0 Å². The van der Waals surface area contributed by atoms with Crippen LogP contribution >= 0.6 is 0 Å². The van der Waals surface area contributed by atoms with Crippen molar-refractivity contribution < 1.29 is 88.5 Å². The SMILES string of the molecule is [Gd].[H-].[H-].[Mg+2].[Zn].[Zr]. The van der Waals surface area contributed by atoms with Crippen molar-refractivity contribution in [2.24, 2.45) is 0 Å². The Labute approximate surface area is 109 Å². The van der Waals surface area contributed by atoms with E-state index in [1.165, 1.54) is 0 Å². The van der Waals surface area contributed by atoms with Gasteiger partial charge in [-0.25, -0.2) is 0 Å². The molecule has 0 aromatic rings. The number of hydrogen-bond donors (Lipinski definition) is 0. The van der Waals surface area contributed by atoms with E-state index in [9.17, 15) is 0 Å². The van der Waals surface area contributed by atoms with Crippen LogP contribution in [0.5, 0.6) is 0 Å². The maximum Gasteiger partial charge on any atom is 2.00 e. The molecule has 0 aliphatic heterocycles. The second kappa shape index (κ2) is 16.0. The van der Waals surface area contributed by atoms with Crippen LogP contribution in [0.2, 0.25) is 0 Å². The van der Waals surface area contributed by atoms with Gasteiger partial charge in [0, 0.05) is 85.6 Å². The first kappa shape index (κ1) is 25.6. The Hall–Kier alpha value is 3.60. The van der Waals surface area contributed by atoms with Gasteiger partial charge in [-0.1, -0.05) is 0 Å². The zero-order chi connectivity index (χ0) is 0. The normalized spacial score (nSPS) is 0. The van der Waals surface area contributed by atoms with Crippen LogP contribution in [0, 0.1) is 39.9 Å². The molecule has 0 aliphatic rings. The van der Waals surface area contributed by atoms with E-state index in [0.717, 1.165) is 0 Å². The fourth-order valence-corrected chi connectivity index (χ4v) is 0. The molecule has 0 nitrogen and oxygen atoms in total. The van der Waals surface area contributed by atoms with Crippen molar-refractivity contribution in [3.63, 3.8) is 0 Å². The van der Waals surface area contributed by atoms with E-state index in [0.29, 0.717) is 0 Å².